The highest BCUT2D eigenvalue weighted by Gasteiger charge is 2.42. The fourth-order valence-electron chi connectivity index (χ4n) is 3.51. The quantitative estimate of drug-likeness (QED) is 0.356. The van der Waals surface area contributed by atoms with Crippen molar-refractivity contribution in [3.8, 4) is 0 Å². The molecule has 0 spiro atoms. The summed E-state index contributed by atoms with van der Waals surface area (Å²) in [5.74, 6) is -0.210. The van der Waals surface area contributed by atoms with E-state index in [2.05, 4.69) is 15.6 Å². The molecule has 10 heteroatoms. The molecular formula is C15H27F3IN3O2S. The largest absolute Gasteiger partial charge is 0.391 e. The minimum Gasteiger partial charge on any atom is -0.356 e. The third-order valence-corrected chi connectivity index (χ3v) is 6.75. The molecule has 1 aliphatic heterocycles. The zero-order valence-corrected chi connectivity index (χ0v) is 17.5. The van der Waals surface area contributed by atoms with Crippen LogP contribution < -0.4 is 10.6 Å². The summed E-state index contributed by atoms with van der Waals surface area (Å²) < 4.78 is 61.4. The van der Waals surface area contributed by atoms with Crippen molar-refractivity contribution in [2.75, 3.05) is 31.6 Å². The van der Waals surface area contributed by atoms with E-state index in [4.69, 9.17) is 0 Å². The summed E-state index contributed by atoms with van der Waals surface area (Å²) >= 11 is 0. The fourth-order valence-corrected chi connectivity index (χ4v) is 5.37. The Kier molecular flexibility index (Phi) is 8.76. The van der Waals surface area contributed by atoms with Gasteiger partial charge in [0.2, 0.25) is 0 Å². The Balaban J connectivity index is 0.00000312. The highest BCUT2D eigenvalue weighted by atomic mass is 127. The van der Waals surface area contributed by atoms with Gasteiger partial charge in [0.1, 0.15) is 0 Å². The number of alkyl halides is 3. The molecule has 0 amide bonds. The lowest BCUT2D eigenvalue weighted by Gasteiger charge is -2.31. The predicted octanol–water partition coefficient (Wildman–Crippen LogP) is 2.57. The van der Waals surface area contributed by atoms with Gasteiger partial charge in [-0.25, -0.2) is 8.42 Å². The Bertz CT molecular complexity index is 555. The zero-order valence-electron chi connectivity index (χ0n) is 14.3. The standard InChI is InChI=1S/C15H26F3N3O2S.HI/c1-19-14(21-9-12-5-6-24(22,23)10-12)20-8-11-3-2-4-13(7-11)15(16,17)18;/h11-13H,2-10H2,1H3,(H2,19,20,21);1H. The summed E-state index contributed by atoms with van der Waals surface area (Å²) in [4.78, 5) is 4.06. The van der Waals surface area contributed by atoms with Crippen LogP contribution in [0.2, 0.25) is 0 Å². The Hall–Kier alpha value is -0.260. The molecular weight excluding hydrogens is 470 g/mol. The van der Waals surface area contributed by atoms with Crippen LogP contribution in [-0.4, -0.2) is 52.2 Å². The van der Waals surface area contributed by atoms with E-state index in [1.54, 1.807) is 7.05 Å². The molecule has 2 rings (SSSR count). The van der Waals surface area contributed by atoms with Crippen LogP contribution in [0.5, 0.6) is 0 Å². The van der Waals surface area contributed by atoms with E-state index in [9.17, 15) is 21.6 Å². The minimum atomic E-state index is -4.10. The van der Waals surface area contributed by atoms with Crippen LogP contribution in [0.4, 0.5) is 13.2 Å². The first-order chi connectivity index (χ1) is 11.2. The van der Waals surface area contributed by atoms with Crippen molar-refractivity contribution < 1.29 is 21.6 Å². The topological polar surface area (TPSA) is 70.6 Å². The number of rotatable bonds is 4. The van der Waals surface area contributed by atoms with Gasteiger partial charge in [0.15, 0.2) is 15.8 Å². The fraction of sp³-hybridized carbons (Fsp3) is 0.933. The van der Waals surface area contributed by atoms with E-state index < -0.39 is 21.9 Å². The molecule has 1 heterocycles. The molecule has 0 aromatic carbocycles. The monoisotopic (exact) mass is 497 g/mol. The zero-order chi connectivity index (χ0) is 17.8. The van der Waals surface area contributed by atoms with Gasteiger partial charge in [-0.3, -0.25) is 4.99 Å². The second-order valence-electron chi connectivity index (χ2n) is 6.87. The third-order valence-electron chi connectivity index (χ3n) is 4.91. The van der Waals surface area contributed by atoms with Crippen molar-refractivity contribution >= 4 is 39.8 Å². The number of nitrogens with one attached hydrogen (secondary N) is 2. The number of guanidine groups is 1. The van der Waals surface area contributed by atoms with E-state index >= 15 is 0 Å². The summed E-state index contributed by atoms with van der Waals surface area (Å²) in [7, 11) is -1.31. The maximum Gasteiger partial charge on any atom is 0.391 e. The third kappa shape index (κ3) is 7.48. The molecule has 2 aliphatic rings. The highest BCUT2D eigenvalue weighted by molar-refractivity contribution is 14.0. The molecule has 0 aromatic heterocycles. The van der Waals surface area contributed by atoms with E-state index in [1.165, 1.54) is 0 Å². The lowest BCUT2D eigenvalue weighted by molar-refractivity contribution is -0.185. The van der Waals surface area contributed by atoms with Crippen molar-refractivity contribution in [1.82, 2.24) is 10.6 Å². The Labute approximate surface area is 164 Å². The number of hydrogen-bond acceptors (Lipinski definition) is 3. The van der Waals surface area contributed by atoms with Crippen LogP contribution in [0, 0.1) is 17.8 Å². The minimum absolute atomic E-state index is 0. The van der Waals surface area contributed by atoms with Crippen LogP contribution in [0.25, 0.3) is 0 Å². The first-order valence-electron chi connectivity index (χ1n) is 8.41. The average molecular weight is 497 g/mol. The average Bonchev–Trinajstić information content (AvgIpc) is 2.86. The Morgan fingerprint density at radius 1 is 1.12 bits per heavy atom. The molecule has 2 fully saturated rings. The van der Waals surface area contributed by atoms with Crippen LogP contribution in [0.3, 0.4) is 0 Å². The lowest BCUT2D eigenvalue weighted by atomic mass is 9.81. The SMILES string of the molecule is CN=C(NCC1CCCC(C(F)(F)F)C1)NCC1CCS(=O)(=O)C1.I. The summed E-state index contributed by atoms with van der Waals surface area (Å²) in [6.07, 6.45) is -1.69. The van der Waals surface area contributed by atoms with E-state index in [0.29, 0.717) is 31.9 Å². The van der Waals surface area contributed by atoms with Gasteiger partial charge in [0.25, 0.3) is 0 Å². The summed E-state index contributed by atoms with van der Waals surface area (Å²) in [6, 6.07) is 0. The maximum atomic E-state index is 12.8. The second kappa shape index (κ2) is 9.61. The molecule has 0 aromatic rings. The van der Waals surface area contributed by atoms with Gasteiger partial charge in [0, 0.05) is 20.1 Å². The molecule has 5 nitrogen and oxygen atoms in total. The molecule has 3 atom stereocenters. The van der Waals surface area contributed by atoms with Crippen molar-refractivity contribution in [3.05, 3.63) is 0 Å². The molecule has 1 saturated heterocycles. The normalized spacial score (nSPS) is 29.8. The first-order valence-corrected chi connectivity index (χ1v) is 10.2. The van der Waals surface area contributed by atoms with E-state index in [1.807, 2.05) is 0 Å². The van der Waals surface area contributed by atoms with Gasteiger partial charge in [-0.1, -0.05) is 6.42 Å². The van der Waals surface area contributed by atoms with Crippen molar-refractivity contribution in [3.63, 3.8) is 0 Å². The number of aliphatic imine (C=N–C) groups is 1. The predicted molar refractivity (Wildman–Crippen MR) is 103 cm³/mol. The van der Waals surface area contributed by atoms with Crippen molar-refractivity contribution in [2.24, 2.45) is 22.7 Å². The molecule has 1 saturated carbocycles. The van der Waals surface area contributed by atoms with Crippen LogP contribution in [0.1, 0.15) is 32.1 Å². The summed E-state index contributed by atoms with van der Waals surface area (Å²) in [6.45, 7) is 0.962. The van der Waals surface area contributed by atoms with Gasteiger partial charge in [-0.05, 0) is 37.5 Å². The van der Waals surface area contributed by atoms with Gasteiger partial charge in [-0.2, -0.15) is 13.2 Å². The number of sulfone groups is 1. The van der Waals surface area contributed by atoms with Gasteiger partial charge < -0.3 is 10.6 Å². The Morgan fingerprint density at radius 3 is 2.28 bits per heavy atom. The van der Waals surface area contributed by atoms with Crippen LogP contribution >= 0.6 is 24.0 Å². The smallest absolute Gasteiger partial charge is 0.356 e. The Morgan fingerprint density at radius 2 is 1.76 bits per heavy atom. The molecule has 0 bridgehead atoms. The molecule has 3 unspecified atom stereocenters. The van der Waals surface area contributed by atoms with Crippen LogP contribution in [-0.2, 0) is 9.84 Å². The molecule has 148 valence electrons. The van der Waals surface area contributed by atoms with Gasteiger partial charge in [-0.15, -0.1) is 24.0 Å². The number of hydrogen-bond donors (Lipinski definition) is 2. The van der Waals surface area contributed by atoms with Gasteiger partial charge >= 0.3 is 6.18 Å². The van der Waals surface area contributed by atoms with Crippen LogP contribution in [0.15, 0.2) is 4.99 Å². The molecule has 1 aliphatic carbocycles. The highest BCUT2D eigenvalue weighted by Crippen LogP contribution is 2.39. The number of halogens is 4. The molecule has 0 radical (unpaired) electrons. The molecule has 25 heavy (non-hydrogen) atoms. The van der Waals surface area contributed by atoms with E-state index in [0.717, 1.165) is 6.42 Å². The van der Waals surface area contributed by atoms with E-state index in [-0.39, 0.29) is 60.2 Å². The number of nitrogens with zero attached hydrogens (tertiary/aromatic N) is 1. The first kappa shape index (κ1) is 22.8. The summed E-state index contributed by atoms with van der Waals surface area (Å²) in [5.41, 5.74) is 0. The van der Waals surface area contributed by atoms with Crippen molar-refractivity contribution in [2.45, 2.75) is 38.3 Å². The maximum absolute atomic E-state index is 12.8. The summed E-state index contributed by atoms with van der Waals surface area (Å²) in [5, 5.41) is 6.16. The lowest BCUT2D eigenvalue weighted by Crippen LogP contribution is -2.43. The van der Waals surface area contributed by atoms with Crippen molar-refractivity contribution in [1.29, 1.82) is 0 Å². The van der Waals surface area contributed by atoms with Gasteiger partial charge in [0.05, 0.1) is 17.4 Å². The second-order valence-corrected chi connectivity index (χ2v) is 9.10. The molecule has 2 N–H and O–H groups in total.